The first-order valence-electron chi connectivity index (χ1n) is 8.72. The number of nitrogens with zero attached hydrogens (tertiary/aromatic N) is 2. The smallest absolute Gasteiger partial charge is 0.317 e. The molecule has 1 unspecified atom stereocenters. The highest BCUT2D eigenvalue weighted by molar-refractivity contribution is 5.74. The first-order valence-corrected chi connectivity index (χ1v) is 8.72. The Morgan fingerprint density at radius 1 is 1.09 bits per heavy atom. The molecule has 2 aliphatic heterocycles. The minimum Gasteiger partial charge on any atom is -0.391 e. The predicted octanol–water partition coefficient (Wildman–Crippen LogP) is 1.95. The standard InChI is InChI=1S/C18H27N3O2/c22-17-4-3-11-21(14-17)18(23)19-12-15-5-7-16(8-6-15)13-20-9-1-2-10-20/h5-8,17,22H,1-4,9-14H2,(H,19,23). The van der Waals surface area contributed by atoms with Gasteiger partial charge in [-0.25, -0.2) is 4.79 Å². The summed E-state index contributed by atoms with van der Waals surface area (Å²) in [7, 11) is 0. The first kappa shape index (κ1) is 16.3. The Morgan fingerprint density at radius 2 is 1.78 bits per heavy atom. The van der Waals surface area contributed by atoms with Gasteiger partial charge in [0.2, 0.25) is 0 Å². The van der Waals surface area contributed by atoms with Crippen LogP contribution in [0.2, 0.25) is 0 Å². The summed E-state index contributed by atoms with van der Waals surface area (Å²) in [6.45, 7) is 5.16. The highest BCUT2D eigenvalue weighted by Gasteiger charge is 2.21. The van der Waals surface area contributed by atoms with Crippen molar-refractivity contribution in [1.82, 2.24) is 15.1 Å². The van der Waals surface area contributed by atoms with Crippen molar-refractivity contribution in [1.29, 1.82) is 0 Å². The number of likely N-dealkylation sites (tertiary alicyclic amines) is 2. The zero-order valence-corrected chi connectivity index (χ0v) is 13.7. The molecule has 2 aliphatic rings. The number of nitrogens with one attached hydrogen (secondary N) is 1. The van der Waals surface area contributed by atoms with Crippen molar-refractivity contribution < 1.29 is 9.90 Å². The molecule has 0 saturated carbocycles. The fraction of sp³-hybridized carbons (Fsp3) is 0.611. The molecule has 1 atom stereocenters. The van der Waals surface area contributed by atoms with Crippen LogP contribution in [0.1, 0.15) is 36.8 Å². The van der Waals surface area contributed by atoms with E-state index in [4.69, 9.17) is 0 Å². The molecule has 5 nitrogen and oxygen atoms in total. The van der Waals surface area contributed by atoms with E-state index in [0.29, 0.717) is 13.1 Å². The van der Waals surface area contributed by atoms with Gasteiger partial charge in [0, 0.05) is 26.2 Å². The van der Waals surface area contributed by atoms with Crippen LogP contribution < -0.4 is 5.32 Å². The van der Waals surface area contributed by atoms with Crippen LogP contribution in [-0.2, 0) is 13.1 Å². The van der Waals surface area contributed by atoms with Gasteiger partial charge in [-0.05, 0) is 49.9 Å². The number of piperidine rings is 1. The first-order chi connectivity index (χ1) is 11.2. The summed E-state index contributed by atoms with van der Waals surface area (Å²) in [6, 6.07) is 8.42. The highest BCUT2D eigenvalue weighted by Crippen LogP contribution is 2.14. The van der Waals surface area contributed by atoms with Crippen LogP contribution in [0.4, 0.5) is 4.79 Å². The van der Waals surface area contributed by atoms with E-state index in [1.165, 1.54) is 31.5 Å². The summed E-state index contributed by atoms with van der Waals surface area (Å²) in [5, 5.41) is 12.6. The maximum absolute atomic E-state index is 12.1. The molecule has 2 N–H and O–H groups in total. The second-order valence-electron chi connectivity index (χ2n) is 6.70. The molecule has 2 heterocycles. The average molecular weight is 317 g/mol. The number of carbonyl (C=O) groups excluding carboxylic acids is 1. The summed E-state index contributed by atoms with van der Waals surface area (Å²) < 4.78 is 0. The van der Waals surface area contributed by atoms with E-state index in [1.54, 1.807) is 4.90 Å². The predicted molar refractivity (Wildman–Crippen MR) is 90.0 cm³/mol. The molecule has 2 fully saturated rings. The molecule has 0 aliphatic carbocycles. The molecule has 0 bridgehead atoms. The van der Waals surface area contributed by atoms with E-state index in [-0.39, 0.29) is 12.1 Å². The van der Waals surface area contributed by atoms with Crippen molar-refractivity contribution in [2.24, 2.45) is 0 Å². The minimum atomic E-state index is -0.376. The maximum atomic E-state index is 12.1. The van der Waals surface area contributed by atoms with E-state index in [0.717, 1.165) is 31.5 Å². The molecule has 1 aromatic rings. The number of β-amino-alcohol motifs (C(OH)–C–C–N with tert-alkyl or cyclic N) is 1. The number of hydrogen-bond donors (Lipinski definition) is 2. The Bertz CT molecular complexity index is 512. The van der Waals surface area contributed by atoms with Crippen LogP contribution in [0, 0.1) is 0 Å². The van der Waals surface area contributed by atoms with Gasteiger partial charge in [-0.3, -0.25) is 4.90 Å². The molecule has 2 saturated heterocycles. The van der Waals surface area contributed by atoms with Gasteiger partial charge in [0.05, 0.1) is 6.10 Å². The van der Waals surface area contributed by atoms with Crippen molar-refractivity contribution in [3.63, 3.8) is 0 Å². The van der Waals surface area contributed by atoms with Crippen molar-refractivity contribution >= 4 is 6.03 Å². The Labute approximate surface area is 138 Å². The molecule has 0 spiro atoms. The van der Waals surface area contributed by atoms with Crippen LogP contribution in [-0.4, -0.2) is 53.2 Å². The number of hydrogen-bond acceptors (Lipinski definition) is 3. The third kappa shape index (κ3) is 4.69. The number of amides is 2. The van der Waals surface area contributed by atoms with E-state index < -0.39 is 0 Å². The van der Waals surface area contributed by atoms with Crippen LogP contribution in [0.5, 0.6) is 0 Å². The number of aliphatic hydroxyl groups is 1. The molecular weight excluding hydrogens is 290 g/mol. The lowest BCUT2D eigenvalue weighted by Crippen LogP contribution is -2.46. The van der Waals surface area contributed by atoms with E-state index >= 15 is 0 Å². The SMILES string of the molecule is O=C(NCc1ccc(CN2CCCC2)cc1)N1CCCC(O)C1. The largest absolute Gasteiger partial charge is 0.391 e. The Balaban J connectivity index is 1.45. The third-order valence-corrected chi connectivity index (χ3v) is 4.76. The summed E-state index contributed by atoms with van der Waals surface area (Å²) >= 11 is 0. The van der Waals surface area contributed by atoms with E-state index in [9.17, 15) is 9.90 Å². The van der Waals surface area contributed by atoms with Gasteiger partial charge in [0.15, 0.2) is 0 Å². The van der Waals surface area contributed by atoms with Crippen LogP contribution in [0.3, 0.4) is 0 Å². The van der Waals surface area contributed by atoms with Crippen molar-refractivity contribution in [2.45, 2.75) is 44.9 Å². The lowest BCUT2D eigenvalue weighted by molar-refractivity contribution is 0.0842. The Kier molecular flexibility index (Phi) is 5.51. The van der Waals surface area contributed by atoms with Gasteiger partial charge in [-0.15, -0.1) is 0 Å². The van der Waals surface area contributed by atoms with E-state index in [1.807, 2.05) is 0 Å². The molecule has 1 aromatic carbocycles. The number of urea groups is 1. The topological polar surface area (TPSA) is 55.8 Å². The van der Waals surface area contributed by atoms with Gasteiger partial charge in [-0.2, -0.15) is 0 Å². The fourth-order valence-electron chi connectivity index (χ4n) is 3.39. The molecule has 3 rings (SSSR count). The Hall–Kier alpha value is -1.59. The van der Waals surface area contributed by atoms with Crippen molar-refractivity contribution in [3.8, 4) is 0 Å². The fourth-order valence-corrected chi connectivity index (χ4v) is 3.39. The zero-order valence-electron chi connectivity index (χ0n) is 13.7. The van der Waals surface area contributed by atoms with Crippen molar-refractivity contribution in [3.05, 3.63) is 35.4 Å². The highest BCUT2D eigenvalue weighted by atomic mass is 16.3. The number of benzene rings is 1. The number of aliphatic hydroxyl groups excluding tert-OH is 1. The third-order valence-electron chi connectivity index (χ3n) is 4.76. The average Bonchev–Trinajstić information content (AvgIpc) is 3.07. The summed E-state index contributed by atoms with van der Waals surface area (Å²) in [5.41, 5.74) is 2.45. The second-order valence-corrected chi connectivity index (χ2v) is 6.70. The number of carbonyl (C=O) groups is 1. The summed E-state index contributed by atoms with van der Waals surface area (Å²) in [4.78, 5) is 16.3. The second kappa shape index (κ2) is 7.79. The van der Waals surface area contributed by atoms with Crippen LogP contribution in [0.25, 0.3) is 0 Å². The molecule has 126 valence electrons. The molecule has 0 radical (unpaired) electrons. The molecule has 5 heteroatoms. The summed E-state index contributed by atoms with van der Waals surface area (Å²) in [5.74, 6) is 0. The lowest BCUT2D eigenvalue weighted by atomic mass is 10.1. The van der Waals surface area contributed by atoms with Crippen LogP contribution >= 0.6 is 0 Å². The molecule has 0 aromatic heterocycles. The van der Waals surface area contributed by atoms with Gasteiger partial charge in [0.1, 0.15) is 0 Å². The van der Waals surface area contributed by atoms with E-state index in [2.05, 4.69) is 34.5 Å². The minimum absolute atomic E-state index is 0.0788. The van der Waals surface area contributed by atoms with Gasteiger partial charge in [0.25, 0.3) is 0 Å². The zero-order chi connectivity index (χ0) is 16.1. The van der Waals surface area contributed by atoms with Gasteiger partial charge < -0.3 is 15.3 Å². The monoisotopic (exact) mass is 317 g/mol. The molecular formula is C18H27N3O2. The normalized spacial score (nSPS) is 22.3. The molecule has 23 heavy (non-hydrogen) atoms. The quantitative estimate of drug-likeness (QED) is 0.892. The van der Waals surface area contributed by atoms with Gasteiger partial charge >= 0.3 is 6.03 Å². The molecule has 2 amide bonds. The van der Waals surface area contributed by atoms with Gasteiger partial charge in [-0.1, -0.05) is 24.3 Å². The summed E-state index contributed by atoms with van der Waals surface area (Å²) in [6.07, 6.45) is 3.92. The lowest BCUT2D eigenvalue weighted by Gasteiger charge is -2.30. The number of rotatable bonds is 4. The Morgan fingerprint density at radius 3 is 2.48 bits per heavy atom. The van der Waals surface area contributed by atoms with Crippen LogP contribution in [0.15, 0.2) is 24.3 Å². The van der Waals surface area contributed by atoms with Crippen molar-refractivity contribution in [2.75, 3.05) is 26.2 Å². The maximum Gasteiger partial charge on any atom is 0.317 e.